The molecule has 3 heterocycles. The highest BCUT2D eigenvalue weighted by atomic mass is 16.3. The molecule has 6 heteroatoms. The second-order valence-electron chi connectivity index (χ2n) is 11.3. The van der Waals surface area contributed by atoms with E-state index in [1.807, 2.05) is 59.2 Å². The SMILES string of the molecule is CC1(c2ccccc2)N=C(c2ccc(-c3ccc4occc4c3)cc2)N(CC2CCN(C(=O)C3CC3)C2)C1=O. The zero-order chi connectivity index (χ0) is 26.6. The number of nitrogens with zero attached hydrogens (tertiary/aromatic N) is 3. The van der Waals surface area contributed by atoms with Gasteiger partial charge in [0.25, 0.3) is 5.91 Å². The van der Waals surface area contributed by atoms with E-state index in [-0.39, 0.29) is 23.7 Å². The third kappa shape index (κ3) is 4.24. The van der Waals surface area contributed by atoms with E-state index in [0.717, 1.165) is 59.0 Å². The Labute approximate surface area is 227 Å². The quantitative estimate of drug-likeness (QED) is 0.322. The van der Waals surface area contributed by atoms with Crippen LogP contribution in [-0.4, -0.2) is 47.1 Å². The maximum absolute atomic E-state index is 14.0. The monoisotopic (exact) mass is 517 g/mol. The number of furan rings is 1. The Bertz CT molecular complexity index is 1590. The zero-order valence-corrected chi connectivity index (χ0v) is 22.0. The molecular formula is C33H31N3O3. The first-order chi connectivity index (χ1) is 19.0. The van der Waals surface area contributed by atoms with Gasteiger partial charge < -0.3 is 9.32 Å². The molecule has 3 aliphatic rings. The lowest BCUT2D eigenvalue weighted by molar-refractivity contribution is -0.131. The van der Waals surface area contributed by atoms with E-state index in [1.54, 1.807) is 6.26 Å². The van der Waals surface area contributed by atoms with Crippen LogP contribution >= 0.6 is 0 Å². The van der Waals surface area contributed by atoms with Crippen molar-refractivity contribution in [3.05, 3.63) is 96.3 Å². The van der Waals surface area contributed by atoms with Crippen molar-refractivity contribution < 1.29 is 14.0 Å². The van der Waals surface area contributed by atoms with Crippen molar-refractivity contribution in [1.82, 2.24) is 9.80 Å². The highest BCUT2D eigenvalue weighted by molar-refractivity contribution is 6.15. The van der Waals surface area contributed by atoms with Crippen molar-refractivity contribution in [2.24, 2.45) is 16.8 Å². The molecule has 1 aliphatic carbocycles. The van der Waals surface area contributed by atoms with Gasteiger partial charge in [-0.1, -0.05) is 60.7 Å². The fourth-order valence-corrected chi connectivity index (χ4v) is 6.01. The van der Waals surface area contributed by atoms with E-state index < -0.39 is 5.54 Å². The number of aliphatic imine (C=N–C) groups is 1. The average molecular weight is 518 g/mol. The molecule has 2 atom stereocenters. The molecule has 0 bridgehead atoms. The van der Waals surface area contributed by atoms with E-state index >= 15 is 0 Å². The van der Waals surface area contributed by atoms with Crippen molar-refractivity contribution in [3.8, 4) is 11.1 Å². The first-order valence-corrected chi connectivity index (χ1v) is 13.8. The van der Waals surface area contributed by atoms with Crippen LogP contribution in [0.25, 0.3) is 22.1 Å². The number of carbonyl (C=O) groups excluding carboxylic acids is 2. The predicted octanol–water partition coefficient (Wildman–Crippen LogP) is 5.86. The maximum atomic E-state index is 14.0. The van der Waals surface area contributed by atoms with E-state index in [2.05, 4.69) is 36.4 Å². The zero-order valence-electron chi connectivity index (χ0n) is 22.0. The van der Waals surface area contributed by atoms with Gasteiger partial charge in [0, 0.05) is 36.5 Å². The summed E-state index contributed by atoms with van der Waals surface area (Å²) in [7, 11) is 0. The molecule has 39 heavy (non-hydrogen) atoms. The van der Waals surface area contributed by atoms with Crippen LogP contribution in [-0.2, 0) is 15.1 Å². The minimum atomic E-state index is -0.982. The molecule has 4 aromatic rings. The molecule has 2 unspecified atom stereocenters. The van der Waals surface area contributed by atoms with Crippen LogP contribution in [0.5, 0.6) is 0 Å². The average Bonchev–Trinajstić information content (AvgIpc) is 3.43. The van der Waals surface area contributed by atoms with Crippen molar-refractivity contribution in [1.29, 1.82) is 0 Å². The lowest BCUT2D eigenvalue weighted by Crippen LogP contribution is -2.43. The van der Waals surface area contributed by atoms with Crippen LogP contribution in [0.2, 0.25) is 0 Å². The van der Waals surface area contributed by atoms with E-state index in [0.29, 0.717) is 18.9 Å². The van der Waals surface area contributed by atoms with Crippen molar-refractivity contribution in [2.75, 3.05) is 19.6 Å². The van der Waals surface area contributed by atoms with E-state index in [1.165, 1.54) is 0 Å². The molecule has 2 fully saturated rings. The minimum Gasteiger partial charge on any atom is -0.464 e. The highest BCUT2D eigenvalue weighted by Gasteiger charge is 2.47. The Morgan fingerprint density at radius 3 is 2.46 bits per heavy atom. The molecule has 1 saturated carbocycles. The Morgan fingerprint density at radius 2 is 1.69 bits per heavy atom. The molecule has 2 amide bonds. The normalized spacial score (nSPS) is 23.1. The summed E-state index contributed by atoms with van der Waals surface area (Å²) in [5.74, 6) is 1.45. The van der Waals surface area contributed by atoms with Gasteiger partial charge in [0.05, 0.1) is 6.26 Å². The summed E-state index contributed by atoms with van der Waals surface area (Å²) in [5.41, 5.74) is 3.89. The molecule has 7 rings (SSSR count). The number of benzene rings is 3. The number of amidine groups is 1. The number of rotatable bonds is 6. The Hall–Kier alpha value is -4.19. The molecule has 1 saturated heterocycles. The van der Waals surface area contributed by atoms with Crippen LogP contribution in [0.1, 0.15) is 37.3 Å². The van der Waals surface area contributed by atoms with Crippen LogP contribution in [0, 0.1) is 11.8 Å². The van der Waals surface area contributed by atoms with E-state index in [4.69, 9.17) is 9.41 Å². The standard InChI is InChI=1S/C33H31N3O3/c1-33(28-5-3-2-4-6-28)32(38)36(21-22-15-17-35(20-22)31(37)25-11-12-25)30(34-33)24-9-7-23(8-10-24)26-13-14-29-27(19-26)16-18-39-29/h2-10,13-14,16,18-19,22,25H,11-12,15,17,20-21H2,1H3. The van der Waals surface area contributed by atoms with Gasteiger partial charge in [-0.05, 0) is 67.0 Å². The smallest absolute Gasteiger partial charge is 0.260 e. The molecule has 0 N–H and O–H groups in total. The lowest BCUT2D eigenvalue weighted by Gasteiger charge is -2.26. The number of likely N-dealkylation sites (tertiary alicyclic amines) is 1. The molecular weight excluding hydrogens is 486 g/mol. The summed E-state index contributed by atoms with van der Waals surface area (Å²) >= 11 is 0. The van der Waals surface area contributed by atoms with Crippen LogP contribution < -0.4 is 0 Å². The first-order valence-electron chi connectivity index (χ1n) is 13.8. The van der Waals surface area contributed by atoms with Gasteiger partial charge in [-0.2, -0.15) is 0 Å². The first kappa shape index (κ1) is 23.9. The topological polar surface area (TPSA) is 66.1 Å². The molecule has 6 nitrogen and oxygen atoms in total. The van der Waals surface area contributed by atoms with Gasteiger partial charge in [0.1, 0.15) is 11.4 Å². The van der Waals surface area contributed by atoms with Gasteiger partial charge >= 0.3 is 0 Å². The summed E-state index contributed by atoms with van der Waals surface area (Å²) < 4.78 is 5.49. The Morgan fingerprint density at radius 1 is 0.949 bits per heavy atom. The van der Waals surface area contributed by atoms with Crippen molar-refractivity contribution >= 4 is 28.6 Å². The fourth-order valence-electron chi connectivity index (χ4n) is 6.01. The summed E-state index contributed by atoms with van der Waals surface area (Å²) in [5, 5.41) is 1.07. The molecule has 1 aromatic heterocycles. The highest BCUT2D eigenvalue weighted by Crippen LogP contribution is 2.37. The second-order valence-corrected chi connectivity index (χ2v) is 11.3. The van der Waals surface area contributed by atoms with Crippen LogP contribution in [0.15, 0.2) is 94.5 Å². The van der Waals surface area contributed by atoms with Gasteiger partial charge in [0.15, 0.2) is 5.54 Å². The number of carbonyl (C=O) groups is 2. The third-order valence-corrected chi connectivity index (χ3v) is 8.48. The molecule has 0 spiro atoms. The second kappa shape index (κ2) is 9.23. The summed E-state index contributed by atoms with van der Waals surface area (Å²) in [6, 6.07) is 26.3. The molecule has 0 radical (unpaired) electrons. The number of hydrogen-bond acceptors (Lipinski definition) is 4. The van der Waals surface area contributed by atoms with Crippen molar-refractivity contribution in [3.63, 3.8) is 0 Å². The van der Waals surface area contributed by atoms with E-state index in [9.17, 15) is 9.59 Å². The Kier molecular flexibility index (Phi) is 5.65. The molecule has 196 valence electrons. The van der Waals surface area contributed by atoms with Crippen LogP contribution in [0.4, 0.5) is 0 Å². The molecule has 2 aliphatic heterocycles. The number of hydrogen-bond donors (Lipinski definition) is 0. The van der Waals surface area contributed by atoms with Gasteiger partial charge in [0.2, 0.25) is 5.91 Å². The van der Waals surface area contributed by atoms with Gasteiger partial charge in [-0.15, -0.1) is 0 Å². The largest absolute Gasteiger partial charge is 0.464 e. The summed E-state index contributed by atoms with van der Waals surface area (Å²) in [6.45, 7) is 3.97. The predicted molar refractivity (Wildman–Crippen MR) is 151 cm³/mol. The fraction of sp³-hybridized carbons (Fsp3) is 0.303. The minimum absolute atomic E-state index is 0.00912. The Balaban J connectivity index is 1.19. The number of fused-ring (bicyclic) bond motifs is 1. The lowest BCUT2D eigenvalue weighted by atomic mass is 9.92. The molecule has 3 aromatic carbocycles. The van der Waals surface area contributed by atoms with Crippen molar-refractivity contribution in [2.45, 2.75) is 31.7 Å². The van der Waals surface area contributed by atoms with Crippen LogP contribution in [0.3, 0.4) is 0 Å². The number of amides is 2. The summed E-state index contributed by atoms with van der Waals surface area (Å²) in [6.07, 6.45) is 4.65. The third-order valence-electron chi connectivity index (χ3n) is 8.48. The maximum Gasteiger partial charge on any atom is 0.260 e. The van der Waals surface area contributed by atoms with Gasteiger partial charge in [-0.3, -0.25) is 14.5 Å². The summed E-state index contributed by atoms with van der Waals surface area (Å²) in [4.78, 5) is 35.7. The van der Waals surface area contributed by atoms with Gasteiger partial charge in [-0.25, -0.2) is 4.99 Å².